The average molecular weight is 393 g/mol. The topological polar surface area (TPSA) is 60.2 Å². The summed E-state index contributed by atoms with van der Waals surface area (Å²) in [7, 11) is 0. The van der Waals surface area contributed by atoms with Crippen LogP contribution in [-0.2, 0) is 0 Å². The van der Waals surface area contributed by atoms with E-state index in [2.05, 4.69) is 4.98 Å². The number of aliphatic hydroxyl groups excluding tert-OH is 1. The van der Waals surface area contributed by atoms with E-state index in [0.717, 1.165) is 11.1 Å². The molecule has 0 amide bonds. The highest BCUT2D eigenvalue weighted by atomic mass is 32.1. The standard InChI is InChI=1S/C22H20FN3OS/c1-13(15-6-4-3-5-7-15)26-14(2)20(27)19(21(26)24)22-25-18(12-28-22)16-8-10-17(23)11-9-16/h3-14,24,27H,1-2H3. The summed E-state index contributed by atoms with van der Waals surface area (Å²) in [5.41, 5.74) is 3.05. The van der Waals surface area contributed by atoms with Gasteiger partial charge >= 0.3 is 0 Å². The lowest BCUT2D eigenvalue weighted by atomic mass is 10.1. The van der Waals surface area contributed by atoms with E-state index in [-0.39, 0.29) is 29.5 Å². The lowest BCUT2D eigenvalue weighted by Crippen LogP contribution is -2.35. The summed E-state index contributed by atoms with van der Waals surface area (Å²) >= 11 is 1.37. The first-order chi connectivity index (χ1) is 13.5. The molecule has 1 aliphatic heterocycles. The first-order valence-corrected chi connectivity index (χ1v) is 9.92. The summed E-state index contributed by atoms with van der Waals surface area (Å²) in [5, 5.41) is 21.9. The van der Waals surface area contributed by atoms with Gasteiger partial charge in [-0.3, -0.25) is 5.41 Å². The minimum Gasteiger partial charge on any atom is -0.509 e. The van der Waals surface area contributed by atoms with Gasteiger partial charge in [0.25, 0.3) is 0 Å². The third kappa shape index (κ3) is 3.10. The van der Waals surface area contributed by atoms with Gasteiger partial charge in [-0.15, -0.1) is 11.3 Å². The smallest absolute Gasteiger partial charge is 0.135 e. The third-order valence-corrected chi connectivity index (χ3v) is 5.98. The van der Waals surface area contributed by atoms with Crippen molar-refractivity contribution in [1.82, 2.24) is 9.88 Å². The van der Waals surface area contributed by atoms with Gasteiger partial charge in [-0.1, -0.05) is 30.3 Å². The van der Waals surface area contributed by atoms with Crippen LogP contribution in [0.1, 0.15) is 30.5 Å². The van der Waals surface area contributed by atoms with Gasteiger partial charge in [0.05, 0.1) is 23.4 Å². The van der Waals surface area contributed by atoms with Gasteiger partial charge in [0, 0.05) is 10.9 Å². The first-order valence-electron chi connectivity index (χ1n) is 9.04. The van der Waals surface area contributed by atoms with Crippen molar-refractivity contribution in [3.05, 3.63) is 82.1 Å². The lowest BCUT2D eigenvalue weighted by molar-refractivity contribution is 0.245. The van der Waals surface area contributed by atoms with E-state index in [1.54, 1.807) is 12.1 Å². The molecule has 0 saturated carbocycles. The predicted molar refractivity (Wildman–Crippen MR) is 111 cm³/mol. The molecule has 0 radical (unpaired) electrons. The highest BCUT2D eigenvalue weighted by Gasteiger charge is 2.39. The van der Waals surface area contributed by atoms with Crippen LogP contribution in [0.2, 0.25) is 0 Å². The second kappa shape index (κ2) is 7.20. The molecule has 6 heteroatoms. The molecule has 0 bridgehead atoms. The lowest BCUT2D eigenvalue weighted by Gasteiger charge is -2.31. The monoisotopic (exact) mass is 393 g/mol. The molecule has 2 unspecified atom stereocenters. The normalized spacial score (nSPS) is 18.0. The molecular weight excluding hydrogens is 373 g/mol. The van der Waals surface area contributed by atoms with Gasteiger partial charge in [0.15, 0.2) is 0 Å². The Morgan fingerprint density at radius 1 is 1.14 bits per heavy atom. The Balaban J connectivity index is 1.65. The molecule has 28 heavy (non-hydrogen) atoms. The maximum absolute atomic E-state index is 13.2. The van der Waals surface area contributed by atoms with Crippen LogP contribution in [0.25, 0.3) is 16.8 Å². The van der Waals surface area contributed by atoms with Crippen molar-refractivity contribution in [2.24, 2.45) is 0 Å². The van der Waals surface area contributed by atoms with Gasteiger partial charge in [0.1, 0.15) is 22.4 Å². The Labute approximate surface area is 167 Å². The number of aromatic nitrogens is 1. The minimum atomic E-state index is -0.309. The van der Waals surface area contributed by atoms with Crippen molar-refractivity contribution in [3.8, 4) is 11.3 Å². The number of benzene rings is 2. The van der Waals surface area contributed by atoms with Crippen molar-refractivity contribution in [1.29, 1.82) is 5.41 Å². The number of thiazole rings is 1. The molecule has 142 valence electrons. The average Bonchev–Trinajstić information content (AvgIpc) is 3.26. The van der Waals surface area contributed by atoms with E-state index >= 15 is 0 Å². The fourth-order valence-electron chi connectivity index (χ4n) is 3.56. The Kier molecular flexibility index (Phi) is 4.73. The van der Waals surface area contributed by atoms with Gasteiger partial charge in [-0.05, 0) is 43.7 Å². The molecular formula is C22H20FN3OS. The molecule has 3 aromatic rings. The number of rotatable bonds is 4. The molecule has 2 heterocycles. The molecule has 2 aromatic carbocycles. The summed E-state index contributed by atoms with van der Waals surface area (Å²) in [6.45, 7) is 3.92. The van der Waals surface area contributed by atoms with Crippen molar-refractivity contribution in [3.63, 3.8) is 0 Å². The minimum absolute atomic E-state index is 0.0557. The maximum Gasteiger partial charge on any atom is 0.135 e. The van der Waals surface area contributed by atoms with Crippen LogP contribution in [0.4, 0.5) is 4.39 Å². The molecule has 0 fully saturated rings. The van der Waals surface area contributed by atoms with Crippen LogP contribution in [0.5, 0.6) is 0 Å². The number of aliphatic hydroxyl groups is 1. The molecule has 2 N–H and O–H groups in total. The van der Waals surface area contributed by atoms with E-state index in [4.69, 9.17) is 5.41 Å². The molecule has 0 saturated heterocycles. The largest absolute Gasteiger partial charge is 0.509 e. The summed E-state index contributed by atoms with van der Waals surface area (Å²) in [5.74, 6) is 0.130. The molecule has 2 atom stereocenters. The van der Waals surface area contributed by atoms with E-state index in [1.807, 2.05) is 54.5 Å². The Hall–Kier alpha value is -2.99. The zero-order valence-corrected chi connectivity index (χ0v) is 16.4. The Morgan fingerprint density at radius 2 is 1.82 bits per heavy atom. The van der Waals surface area contributed by atoms with Crippen LogP contribution in [0, 0.1) is 11.2 Å². The molecule has 1 aromatic heterocycles. The second-order valence-electron chi connectivity index (χ2n) is 6.82. The highest BCUT2D eigenvalue weighted by Crippen LogP contribution is 2.39. The van der Waals surface area contributed by atoms with E-state index in [9.17, 15) is 9.50 Å². The molecule has 4 rings (SSSR count). The summed E-state index contributed by atoms with van der Waals surface area (Å²) in [4.78, 5) is 6.51. The van der Waals surface area contributed by atoms with E-state index in [1.165, 1.54) is 23.5 Å². The first kappa shape index (κ1) is 18.4. The highest BCUT2D eigenvalue weighted by molar-refractivity contribution is 7.11. The number of amidine groups is 1. The van der Waals surface area contributed by atoms with Crippen molar-refractivity contribution < 1.29 is 9.50 Å². The van der Waals surface area contributed by atoms with Crippen LogP contribution >= 0.6 is 11.3 Å². The zero-order chi connectivity index (χ0) is 19.8. The quantitative estimate of drug-likeness (QED) is 0.601. The van der Waals surface area contributed by atoms with Crippen molar-refractivity contribution in [2.75, 3.05) is 0 Å². The number of nitrogens with zero attached hydrogens (tertiary/aromatic N) is 2. The van der Waals surface area contributed by atoms with Gasteiger partial charge in [-0.2, -0.15) is 0 Å². The summed E-state index contributed by atoms with van der Waals surface area (Å²) in [6.07, 6.45) is 0. The van der Waals surface area contributed by atoms with Crippen LogP contribution in [-0.4, -0.2) is 26.9 Å². The fourth-order valence-corrected chi connectivity index (χ4v) is 4.44. The van der Waals surface area contributed by atoms with Crippen molar-refractivity contribution >= 4 is 22.7 Å². The van der Waals surface area contributed by atoms with Crippen LogP contribution < -0.4 is 0 Å². The maximum atomic E-state index is 13.2. The number of nitrogens with one attached hydrogen (secondary N) is 1. The summed E-state index contributed by atoms with van der Waals surface area (Å²) < 4.78 is 13.2. The van der Waals surface area contributed by atoms with Crippen LogP contribution in [0.15, 0.2) is 65.7 Å². The number of hydrogen-bond acceptors (Lipinski definition) is 4. The van der Waals surface area contributed by atoms with Gasteiger partial charge < -0.3 is 10.0 Å². The second-order valence-corrected chi connectivity index (χ2v) is 7.68. The van der Waals surface area contributed by atoms with E-state index < -0.39 is 0 Å². The molecule has 4 nitrogen and oxygen atoms in total. The fraction of sp³-hybridized carbons (Fsp3) is 0.182. The van der Waals surface area contributed by atoms with Crippen LogP contribution in [0.3, 0.4) is 0 Å². The van der Waals surface area contributed by atoms with Gasteiger partial charge in [0.2, 0.25) is 0 Å². The predicted octanol–water partition coefficient (Wildman–Crippen LogP) is 5.66. The SMILES string of the molecule is CC1C(O)=C(c2nc(-c3ccc(F)cc3)cs2)C(=N)N1C(C)c1ccccc1. The van der Waals surface area contributed by atoms with Crippen molar-refractivity contribution in [2.45, 2.75) is 25.9 Å². The zero-order valence-electron chi connectivity index (χ0n) is 15.6. The third-order valence-electron chi connectivity index (χ3n) is 5.12. The summed E-state index contributed by atoms with van der Waals surface area (Å²) in [6, 6.07) is 15.7. The molecule has 1 aliphatic rings. The number of halogens is 1. The Morgan fingerprint density at radius 3 is 2.50 bits per heavy atom. The van der Waals surface area contributed by atoms with E-state index in [0.29, 0.717) is 16.3 Å². The Bertz CT molecular complexity index is 1040. The molecule has 0 spiro atoms. The molecule has 0 aliphatic carbocycles. The van der Waals surface area contributed by atoms with Gasteiger partial charge in [-0.25, -0.2) is 9.37 Å². The number of hydrogen-bond donors (Lipinski definition) is 2.